The van der Waals surface area contributed by atoms with Gasteiger partial charge < -0.3 is 15.4 Å². The van der Waals surface area contributed by atoms with Gasteiger partial charge in [-0.2, -0.15) is 0 Å². The van der Waals surface area contributed by atoms with Crippen molar-refractivity contribution in [2.24, 2.45) is 0 Å². The zero-order chi connectivity index (χ0) is 25.1. The molecule has 2 fully saturated rings. The van der Waals surface area contributed by atoms with Gasteiger partial charge in [0, 0.05) is 24.4 Å². The van der Waals surface area contributed by atoms with Gasteiger partial charge in [0.15, 0.2) is 0 Å². The maximum Gasteiger partial charge on any atom is 0.248 e. The van der Waals surface area contributed by atoms with E-state index in [0.717, 1.165) is 48.8 Å². The highest BCUT2D eigenvalue weighted by atomic mass is 16.5. The van der Waals surface area contributed by atoms with Gasteiger partial charge in [-0.15, -0.1) is 0 Å². The van der Waals surface area contributed by atoms with E-state index in [1.165, 1.54) is 6.42 Å². The Balaban J connectivity index is 2.49. The van der Waals surface area contributed by atoms with E-state index >= 15 is 0 Å². The standard InChI is InChI=1S/C28H43N3O3/c1-7-12-24(17-20(3)4)31(26(32)18-29-23-15-16-34-19-23)27(25(8-2)21(5)6)28(33)30-22-13-10-9-11-14-22/h7-8,12,17,22-23,27,29H,2-3,9-11,13-16,18-19H2,1,4-6H3,(H,30,33). The van der Waals surface area contributed by atoms with Crippen LogP contribution in [-0.2, 0) is 14.3 Å². The van der Waals surface area contributed by atoms with Crippen molar-refractivity contribution < 1.29 is 14.3 Å². The molecule has 0 aromatic heterocycles. The highest BCUT2D eigenvalue weighted by Gasteiger charge is 2.35. The van der Waals surface area contributed by atoms with Gasteiger partial charge in [0.25, 0.3) is 0 Å². The molecule has 0 radical (unpaired) electrons. The number of allylic oxidation sites excluding steroid dienone is 5. The van der Waals surface area contributed by atoms with Gasteiger partial charge in [-0.05, 0) is 64.7 Å². The first-order valence-corrected chi connectivity index (χ1v) is 12.5. The summed E-state index contributed by atoms with van der Waals surface area (Å²) in [6.45, 7) is 17.1. The predicted molar refractivity (Wildman–Crippen MR) is 139 cm³/mol. The molecular formula is C28H43N3O3. The maximum absolute atomic E-state index is 13.8. The number of hydrogen-bond donors (Lipinski definition) is 2. The van der Waals surface area contributed by atoms with E-state index < -0.39 is 6.04 Å². The van der Waals surface area contributed by atoms with Crippen molar-refractivity contribution >= 4 is 11.8 Å². The second-order valence-electron chi connectivity index (χ2n) is 9.53. The fourth-order valence-electron chi connectivity index (χ4n) is 4.58. The highest BCUT2D eigenvalue weighted by molar-refractivity contribution is 5.93. The molecule has 2 amide bonds. The van der Waals surface area contributed by atoms with Crippen molar-refractivity contribution in [2.75, 3.05) is 19.8 Å². The largest absolute Gasteiger partial charge is 0.380 e. The van der Waals surface area contributed by atoms with E-state index in [1.807, 2.05) is 45.9 Å². The van der Waals surface area contributed by atoms with Gasteiger partial charge in [0.1, 0.15) is 6.04 Å². The summed E-state index contributed by atoms with van der Waals surface area (Å²) in [6, 6.07) is -0.550. The third kappa shape index (κ3) is 8.10. The van der Waals surface area contributed by atoms with Crippen molar-refractivity contribution in [3.8, 4) is 0 Å². The fraction of sp³-hybridized carbons (Fsp3) is 0.571. The molecule has 6 heteroatoms. The van der Waals surface area contributed by atoms with E-state index in [-0.39, 0.29) is 30.4 Å². The molecule has 2 N–H and O–H groups in total. The van der Waals surface area contributed by atoms with E-state index in [2.05, 4.69) is 23.8 Å². The molecule has 34 heavy (non-hydrogen) atoms. The molecule has 0 aromatic rings. The zero-order valence-corrected chi connectivity index (χ0v) is 21.5. The molecule has 2 atom stereocenters. The Morgan fingerprint density at radius 1 is 1.12 bits per heavy atom. The van der Waals surface area contributed by atoms with Crippen LogP contribution in [0.1, 0.15) is 66.2 Å². The van der Waals surface area contributed by atoms with Crippen molar-refractivity contribution in [1.82, 2.24) is 15.5 Å². The van der Waals surface area contributed by atoms with Crippen LogP contribution in [0.4, 0.5) is 0 Å². The second kappa shape index (κ2) is 14.1. The van der Waals surface area contributed by atoms with E-state index in [9.17, 15) is 9.59 Å². The molecular weight excluding hydrogens is 426 g/mol. The van der Waals surface area contributed by atoms with Crippen LogP contribution in [0.25, 0.3) is 0 Å². The van der Waals surface area contributed by atoms with Gasteiger partial charge in [0.2, 0.25) is 11.8 Å². The zero-order valence-electron chi connectivity index (χ0n) is 21.5. The average molecular weight is 470 g/mol. The fourth-order valence-corrected chi connectivity index (χ4v) is 4.58. The molecule has 1 aliphatic heterocycles. The van der Waals surface area contributed by atoms with Crippen LogP contribution in [0.2, 0.25) is 0 Å². The summed E-state index contributed by atoms with van der Waals surface area (Å²) in [6.07, 6.45) is 13.5. The third-order valence-corrected chi connectivity index (χ3v) is 6.30. The minimum Gasteiger partial charge on any atom is -0.380 e. The lowest BCUT2D eigenvalue weighted by atomic mass is 9.93. The number of rotatable bonds is 11. The van der Waals surface area contributed by atoms with Crippen molar-refractivity contribution in [1.29, 1.82) is 0 Å². The number of amides is 2. The van der Waals surface area contributed by atoms with Gasteiger partial charge in [0.05, 0.1) is 13.2 Å². The monoisotopic (exact) mass is 469 g/mol. The van der Waals surface area contributed by atoms with Gasteiger partial charge in [-0.1, -0.05) is 55.7 Å². The van der Waals surface area contributed by atoms with Crippen molar-refractivity contribution in [2.45, 2.75) is 84.3 Å². The van der Waals surface area contributed by atoms with E-state index in [4.69, 9.17) is 4.74 Å². The second-order valence-corrected chi connectivity index (χ2v) is 9.53. The van der Waals surface area contributed by atoms with Gasteiger partial charge in [-0.3, -0.25) is 14.5 Å². The lowest BCUT2D eigenvalue weighted by molar-refractivity contribution is -0.136. The number of nitrogens with one attached hydrogen (secondary N) is 2. The first-order chi connectivity index (χ1) is 16.3. The summed E-state index contributed by atoms with van der Waals surface area (Å²) >= 11 is 0. The Kier molecular flexibility index (Phi) is 11.5. The van der Waals surface area contributed by atoms with Crippen LogP contribution in [0.15, 0.2) is 59.9 Å². The first kappa shape index (κ1) is 27.8. The van der Waals surface area contributed by atoms with Crippen LogP contribution < -0.4 is 10.6 Å². The topological polar surface area (TPSA) is 70.7 Å². The average Bonchev–Trinajstić information content (AvgIpc) is 3.31. The van der Waals surface area contributed by atoms with E-state index in [0.29, 0.717) is 18.9 Å². The Labute approximate surface area is 205 Å². The van der Waals surface area contributed by atoms with Crippen molar-refractivity contribution in [3.63, 3.8) is 0 Å². The molecule has 188 valence electrons. The minimum atomic E-state index is -0.819. The Hall–Kier alpha value is -2.44. The molecule has 2 rings (SSSR count). The van der Waals surface area contributed by atoms with Gasteiger partial charge >= 0.3 is 0 Å². The Bertz CT molecular complexity index is 824. The summed E-state index contributed by atoms with van der Waals surface area (Å²) in [5, 5.41) is 6.55. The molecule has 1 saturated carbocycles. The normalized spacial score (nSPS) is 20.1. The molecule has 1 saturated heterocycles. The molecule has 1 heterocycles. The molecule has 1 aliphatic carbocycles. The SMILES string of the molecule is C=CC(=C(C)C)C(C(=O)NC1CCCCC1)N(C(=O)CNC1CCOC1)C(C=CC)=CC(=C)C. The number of nitrogens with zero attached hydrogens (tertiary/aromatic N) is 1. The molecule has 6 nitrogen and oxygen atoms in total. The minimum absolute atomic E-state index is 0.111. The van der Waals surface area contributed by atoms with Crippen LogP contribution in [0, 0.1) is 0 Å². The number of carbonyl (C=O) groups is 2. The number of ether oxygens (including phenoxy) is 1. The van der Waals surface area contributed by atoms with Crippen molar-refractivity contribution in [3.05, 3.63) is 59.9 Å². The first-order valence-electron chi connectivity index (χ1n) is 12.5. The molecule has 2 unspecified atom stereocenters. The molecule has 0 bridgehead atoms. The summed E-state index contributed by atoms with van der Waals surface area (Å²) in [5.74, 6) is -0.348. The van der Waals surface area contributed by atoms with Crippen LogP contribution >= 0.6 is 0 Å². The predicted octanol–water partition coefficient (Wildman–Crippen LogP) is 4.57. The Morgan fingerprint density at radius 2 is 1.82 bits per heavy atom. The van der Waals surface area contributed by atoms with Crippen LogP contribution in [0.5, 0.6) is 0 Å². The smallest absolute Gasteiger partial charge is 0.248 e. The summed E-state index contributed by atoms with van der Waals surface area (Å²) in [5.41, 5.74) is 3.12. The lowest BCUT2D eigenvalue weighted by Gasteiger charge is -2.35. The third-order valence-electron chi connectivity index (χ3n) is 6.30. The van der Waals surface area contributed by atoms with Crippen LogP contribution in [-0.4, -0.2) is 54.6 Å². The summed E-state index contributed by atoms with van der Waals surface area (Å²) in [4.78, 5) is 29.2. The molecule has 0 aromatic carbocycles. The maximum atomic E-state index is 13.8. The highest BCUT2D eigenvalue weighted by Crippen LogP contribution is 2.25. The molecule has 0 spiro atoms. The number of hydrogen-bond acceptors (Lipinski definition) is 4. The lowest BCUT2D eigenvalue weighted by Crippen LogP contribution is -2.54. The summed E-state index contributed by atoms with van der Waals surface area (Å²) in [7, 11) is 0. The number of carbonyl (C=O) groups excluding carboxylic acids is 2. The van der Waals surface area contributed by atoms with Crippen LogP contribution in [0.3, 0.4) is 0 Å². The van der Waals surface area contributed by atoms with E-state index in [1.54, 1.807) is 11.0 Å². The van der Waals surface area contributed by atoms with Gasteiger partial charge in [-0.25, -0.2) is 0 Å². The summed E-state index contributed by atoms with van der Waals surface area (Å²) < 4.78 is 5.44. The quantitative estimate of drug-likeness (QED) is 0.435. The molecule has 2 aliphatic rings. The Morgan fingerprint density at radius 3 is 2.35 bits per heavy atom.